The molecule has 1 fully saturated rings. The van der Waals surface area contributed by atoms with E-state index in [0.29, 0.717) is 11.7 Å². The number of hydrogen-bond donors (Lipinski definition) is 1. The Morgan fingerprint density at radius 3 is 2.45 bits per heavy atom. The van der Waals surface area contributed by atoms with Gasteiger partial charge < -0.3 is 14.9 Å². The van der Waals surface area contributed by atoms with Crippen LogP contribution < -0.4 is 21.7 Å². The molecule has 8 heteroatoms. The van der Waals surface area contributed by atoms with Crippen molar-refractivity contribution in [3.8, 4) is 11.9 Å². The van der Waals surface area contributed by atoms with Gasteiger partial charge in [-0.1, -0.05) is 30.3 Å². The molecule has 5 rings (SSSR count). The lowest BCUT2D eigenvalue weighted by atomic mass is 9.89. The van der Waals surface area contributed by atoms with Gasteiger partial charge in [-0.25, -0.2) is 4.79 Å². The van der Waals surface area contributed by atoms with Crippen molar-refractivity contribution in [2.24, 2.45) is 19.8 Å². The number of aromatic nitrogens is 2. The molecule has 1 aliphatic carbocycles. The van der Waals surface area contributed by atoms with E-state index in [1.54, 1.807) is 6.07 Å². The SMILES string of the molecule is Cn1c2c(c(=O)n(C)c1=O)[C@H](c1ccc([C@@H]3C[C@H]3c3ccccc3)o1)C(C#N)=C(N)O2. The van der Waals surface area contributed by atoms with Crippen molar-refractivity contribution in [3.05, 3.63) is 97.4 Å². The van der Waals surface area contributed by atoms with E-state index in [0.717, 1.165) is 16.7 Å². The molecule has 1 aliphatic heterocycles. The van der Waals surface area contributed by atoms with Crippen LogP contribution in [0, 0.1) is 11.3 Å². The second-order valence-corrected chi connectivity index (χ2v) is 7.95. The fourth-order valence-electron chi connectivity index (χ4n) is 4.37. The smallest absolute Gasteiger partial charge is 0.333 e. The summed E-state index contributed by atoms with van der Waals surface area (Å²) >= 11 is 0. The van der Waals surface area contributed by atoms with Crippen LogP contribution in [0.25, 0.3) is 0 Å². The monoisotopic (exact) mass is 416 g/mol. The van der Waals surface area contributed by atoms with E-state index in [-0.39, 0.29) is 28.8 Å². The molecule has 8 nitrogen and oxygen atoms in total. The van der Waals surface area contributed by atoms with E-state index < -0.39 is 17.2 Å². The summed E-state index contributed by atoms with van der Waals surface area (Å²) in [6.45, 7) is 0. The van der Waals surface area contributed by atoms with Gasteiger partial charge >= 0.3 is 5.69 Å². The van der Waals surface area contributed by atoms with Gasteiger partial charge in [0, 0.05) is 20.0 Å². The summed E-state index contributed by atoms with van der Waals surface area (Å²) in [5.41, 5.74) is 6.40. The molecular formula is C23H20N4O4. The molecule has 0 spiro atoms. The lowest BCUT2D eigenvalue weighted by Crippen LogP contribution is -2.42. The van der Waals surface area contributed by atoms with E-state index >= 15 is 0 Å². The summed E-state index contributed by atoms with van der Waals surface area (Å²) in [5.74, 6) is 0.887. The maximum Gasteiger partial charge on any atom is 0.333 e. The topological polar surface area (TPSA) is 116 Å². The van der Waals surface area contributed by atoms with Crippen LogP contribution in [-0.2, 0) is 14.1 Å². The van der Waals surface area contributed by atoms with Crippen molar-refractivity contribution in [3.63, 3.8) is 0 Å². The highest BCUT2D eigenvalue weighted by Gasteiger charge is 2.43. The van der Waals surface area contributed by atoms with Crippen LogP contribution in [0.2, 0.25) is 0 Å². The maximum atomic E-state index is 13.0. The molecule has 2 N–H and O–H groups in total. The number of nitriles is 1. The van der Waals surface area contributed by atoms with Gasteiger partial charge in [-0.3, -0.25) is 13.9 Å². The minimum atomic E-state index is -0.845. The number of nitrogens with two attached hydrogens (primary N) is 1. The van der Waals surface area contributed by atoms with E-state index in [1.807, 2.05) is 30.3 Å². The highest BCUT2D eigenvalue weighted by atomic mass is 16.5. The Kier molecular flexibility index (Phi) is 4.15. The zero-order chi connectivity index (χ0) is 21.9. The Morgan fingerprint density at radius 1 is 1.03 bits per heavy atom. The van der Waals surface area contributed by atoms with Crippen molar-refractivity contribution >= 4 is 0 Å². The van der Waals surface area contributed by atoms with Crippen LogP contribution in [0.3, 0.4) is 0 Å². The highest BCUT2D eigenvalue weighted by Crippen LogP contribution is 2.55. The first kappa shape index (κ1) is 19.0. The summed E-state index contributed by atoms with van der Waals surface area (Å²) in [6, 6.07) is 15.9. The van der Waals surface area contributed by atoms with Crippen LogP contribution >= 0.6 is 0 Å². The minimum Gasteiger partial charge on any atom is -0.465 e. The Balaban J connectivity index is 1.60. The van der Waals surface area contributed by atoms with Gasteiger partial charge in [0.25, 0.3) is 5.56 Å². The fraction of sp³-hybridized carbons (Fsp3) is 0.261. The van der Waals surface area contributed by atoms with Gasteiger partial charge in [0.1, 0.15) is 23.2 Å². The highest BCUT2D eigenvalue weighted by molar-refractivity contribution is 5.51. The van der Waals surface area contributed by atoms with Crippen molar-refractivity contribution in [2.45, 2.75) is 24.2 Å². The van der Waals surface area contributed by atoms with Crippen LogP contribution in [0.5, 0.6) is 5.88 Å². The number of hydrogen-bond acceptors (Lipinski definition) is 6. The summed E-state index contributed by atoms with van der Waals surface area (Å²) < 4.78 is 13.9. The van der Waals surface area contributed by atoms with Gasteiger partial charge in [-0.2, -0.15) is 5.26 Å². The number of nitrogens with zero attached hydrogens (tertiary/aromatic N) is 3. The minimum absolute atomic E-state index is 0.0288. The Labute approximate surface area is 177 Å². The Hall–Kier alpha value is -3.99. The first-order chi connectivity index (χ1) is 14.9. The van der Waals surface area contributed by atoms with Crippen LogP contribution in [-0.4, -0.2) is 9.13 Å². The van der Waals surface area contributed by atoms with Crippen molar-refractivity contribution < 1.29 is 9.15 Å². The summed E-state index contributed by atoms with van der Waals surface area (Å²) in [4.78, 5) is 25.3. The van der Waals surface area contributed by atoms with E-state index in [4.69, 9.17) is 14.9 Å². The van der Waals surface area contributed by atoms with Gasteiger partial charge in [-0.05, 0) is 30.0 Å². The molecule has 0 unspecified atom stereocenters. The standard InChI is InChI=1S/C23H20N4O4/c1-26-21(28)19-18(15(11-24)20(25)31-22(19)27(2)23(26)29)17-9-8-16(30-17)14-10-13(14)12-6-4-3-5-7-12/h3-9,13-14,18H,10,25H2,1-2H3/t13-,14+,18-/m0/s1. The third-order valence-electron chi connectivity index (χ3n) is 6.13. The number of allylic oxidation sites excluding steroid dienone is 1. The quantitative estimate of drug-likeness (QED) is 0.699. The van der Waals surface area contributed by atoms with Crippen molar-refractivity contribution in [2.75, 3.05) is 0 Å². The molecule has 0 amide bonds. The predicted octanol–water partition coefficient (Wildman–Crippen LogP) is 2.17. The lowest BCUT2D eigenvalue weighted by molar-refractivity contribution is 0.340. The number of ether oxygens (including phenoxy) is 1. The molecule has 0 radical (unpaired) electrons. The zero-order valence-electron chi connectivity index (χ0n) is 17.0. The third kappa shape index (κ3) is 2.81. The Bertz CT molecular complexity index is 1390. The largest absolute Gasteiger partial charge is 0.465 e. The van der Waals surface area contributed by atoms with Crippen LogP contribution in [0.4, 0.5) is 0 Å². The normalized spacial score (nSPS) is 21.9. The first-order valence-corrected chi connectivity index (χ1v) is 9.94. The number of fused-ring (bicyclic) bond motifs is 1. The van der Waals surface area contributed by atoms with Crippen molar-refractivity contribution in [1.29, 1.82) is 5.26 Å². The Morgan fingerprint density at radius 2 is 1.74 bits per heavy atom. The molecule has 1 aromatic carbocycles. The van der Waals surface area contributed by atoms with E-state index in [9.17, 15) is 14.9 Å². The predicted molar refractivity (Wildman–Crippen MR) is 111 cm³/mol. The number of furan rings is 1. The second kappa shape index (κ2) is 6.77. The third-order valence-corrected chi connectivity index (χ3v) is 6.13. The number of benzene rings is 1. The van der Waals surface area contributed by atoms with Gasteiger partial charge in [-0.15, -0.1) is 0 Å². The molecule has 2 aliphatic rings. The van der Waals surface area contributed by atoms with Crippen LogP contribution in [0.1, 0.15) is 46.8 Å². The molecule has 3 atom stereocenters. The van der Waals surface area contributed by atoms with Crippen LogP contribution in [0.15, 0.2) is 67.9 Å². The molecule has 3 heterocycles. The average Bonchev–Trinajstić information content (AvgIpc) is 3.44. The summed E-state index contributed by atoms with van der Waals surface area (Å²) in [6.07, 6.45) is 0.973. The second-order valence-electron chi connectivity index (χ2n) is 7.95. The average molecular weight is 416 g/mol. The van der Waals surface area contributed by atoms with E-state index in [1.165, 1.54) is 24.2 Å². The molecule has 3 aromatic rings. The maximum absolute atomic E-state index is 13.0. The molecule has 31 heavy (non-hydrogen) atoms. The zero-order valence-corrected chi connectivity index (χ0v) is 17.0. The molecule has 2 aromatic heterocycles. The first-order valence-electron chi connectivity index (χ1n) is 9.94. The molecule has 156 valence electrons. The van der Waals surface area contributed by atoms with Gasteiger partial charge in [0.2, 0.25) is 11.8 Å². The van der Waals surface area contributed by atoms with E-state index in [2.05, 4.69) is 12.1 Å². The lowest BCUT2D eigenvalue weighted by Gasteiger charge is -2.25. The fourth-order valence-corrected chi connectivity index (χ4v) is 4.37. The van der Waals surface area contributed by atoms with Gasteiger partial charge in [0.05, 0.1) is 11.5 Å². The summed E-state index contributed by atoms with van der Waals surface area (Å²) in [5, 5.41) is 9.73. The van der Waals surface area contributed by atoms with Crippen molar-refractivity contribution in [1.82, 2.24) is 9.13 Å². The molecule has 0 bridgehead atoms. The molecular weight excluding hydrogens is 396 g/mol. The molecule has 0 saturated heterocycles. The summed E-state index contributed by atoms with van der Waals surface area (Å²) in [7, 11) is 2.88. The van der Waals surface area contributed by atoms with Gasteiger partial charge in [0.15, 0.2) is 0 Å². The molecule has 1 saturated carbocycles. The number of rotatable bonds is 3.